The molecule has 0 aliphatic carbocycles. The van der Waals surface area contributed by atoms with Gasteiger partial charge in [0.15, 0.2) is 11.6 Å². The second-order valence-electron chi connectivity index (χ2n) is 4.19. The molecule has 2 aromatic rings. The van der Waals surface area contributed by atoms with Crippen LogP contribution in [0.1, 0.15) is 11.1 Å². The standard InChI is InChI=1S/C15H16FNO2/c16-14-9-12(10-17)3-6-15(14)19-13-4-1-11(2-5-13)7-8-18/h1-6,9,18H,7-8,10,17H2. The Hall–Kier alpha value is -1.91. The van der Waals surface area contributed by atoms with Gasteiger partial charge in [0, 0.05) is 13.2 Å². The van der Waals surface area contributed by atoms with Crippen LogP contribution < -0.4 is 10.5 Å². The Morgan fingerprint density at radius 3 is 2.32 bits per heavy atom. The summed E-state index contributed by atoms with van der Waals surface area (Å²) in [5.74, 6) is 0.301. The van der Waals surface area contributed by atoms with Gasteiger partial charge in [-0.15, -0.1) is 0 Å². The molecule has 0 bridgehead atoms. The molecule has 3 nitrogen and oxygen atoms in total. The maximum absolute atomic E-state index is 13.7. The third-order valence-corrected chi connectivity index (χ3v) is 2.78. The van der Waals surface area contributed by atoms with Crippen LogP contribution in [0.5, 0.6) is 11.5 Å². The first kappa shape index (κ1) is 13.5. The van der Waals surface area contributed by atoms with Gasteiger partial charge in [0.2, 0.25) is 0 Å². The monoisotopic (exact) mass is 261 g/mol. The fraction of sp³-hybridized carbons (Fsp3) is 0.200. The van der Waals surface area contributed by atoms with Gasteiger partial charge in [-0.2, -0.15) is 0 Å². The number of benzene rings is 2. The van der Waals surface area contributed by atoms with E-state index in [2.05, 4.69) is 0 Å². The topological polar surface area (TPSA) is 55.5 Å². The summed E-state index contributed by atoms with van der Waals surface area (Å²) < 4.78 is 19.2. The number of aliphatic hydroxyl groups excluding tert-OH is 1. The molecule has 0 heterocycles. The lowest BCUT2D eigenvalue weighted by molar-refractivity contribution is 0.299. The molecule has 3 N–H and O–H groups in total. The van der Waals surface area contributed by atoms with Crippen molar-refractivity contribution in [2.45, 2.75) is 13.0 Å². The van der Waals surface area contributed by atoms with E-state index in [0.29, 0.717) is 18.7 Å². The Balaban J connectivity index is 2.12. The number of hydrogen-bond donors (Lipinski definition) is 2. The van der Waals surface area contributed by atoms with Gasteiger partial charge in [0.1, 0.15) is 5.75 Å². The number of ether oxygens (including phenoxy) is 1. The molecule has 100 valence electrons. The SMILES string of the molecule is NCc1ccc(Oc2ccc(CCO)cc2)c(F)c1. The highest BCUT2D eigenvalue weighted by Gasteiger charge is 2.05. The Morgan fingerprint density at radius 1 is 1.05 bits per heavy atom. The number of rotatable bonds is 5. The Kier molecular flexibility index (Phi) is 4.49. The van der Waals surface area contributed by atoms with Crippen LogP contribution in [0.2, 0.25) is 0 Å². The highest BCUT2D eigenvalue weighted by molar-refractivity contribution is 5.35. The Morgan fingerprint density at radius 2 is 1.74 bits per heavy atom. The van der Waals surface area contributed by atoms with E-state index in [1.54, 1.807) is 24.3 Å². The lowest BCUT2D eigenvalue weighted by atomic mass is 10.1. The molecule has 2 aromatic carbocycles. The van der Waals surface area contributed by atoms with Crippen molar-refractivity contribution in [1.29, 1.82) is 0 Å². The van der Waals surface area contributed by atoms with E-state index >= 15 is 0 Å². The summed E-state index contributed by atoms with van der Waals surface area (Å²) in [5, 5.41) is 8.82. The highest BCUT2D eigenvalue weighted by Crippen LogP contribution is 2.25. The lowest BCUT2D eigenvalue weighted by Crippen LogP contribution is -1.97. The molecule has 2 rings (SSSR count). The van der Waals surface area contributed by atoms with Gasteiger partial charge in [0.05, 0.1) is 0 Å². The molecule has 19 heavy (non-hydrogen) atoms. The van der Waals surface area contributed by atoms with Gasteiger partial charge < -0.3 is 15.6 Å². The van der Waals surface area contributed by atoms with Crippen molar-refractivity contribution < 1.29 is 14.2 Å². The van der Waals surface area contributed by atoms with Crippen LogP contribution in [0.3, 0.4) is 0 Å². The third kappa shape index (κ3) is 3.53. The molecule has 0 fully saturated rings. The van der Waals surface area contributed by atoms with Crippen molar-refractivity contribution in [2.24, 2.45) is 5.73 Å². The molecule has 4 heteroatoms. The summed E-state index contributed by atoms with van der Waals surface area (Å²) in [4.78, 5) is 0. The van der Waals surface area contributed by atoms with E-state index in [0.717, 1.165) is 11.1 Å². The second kappa shape index (κ2) is 6.31. The van der Waals surface area contributed by atoms with Crippen molar-refractivity contribution in [3.63, 3.8) is 0 Å². The average Bonchev–Trinajstić information content (AvgIpc) is 2.43. The van der Waals surface area contributed by atoms with E-state index in [1.165, 1.54) is 6.07 Å². The van der Waals surface area contributed by atoms with Gasteiger partial charge in [-0.25, -0.2) is 4.39 Å². The quantitative estimate of drug-likeness (QED) is 0.869. The summed E-state index contributed by atoms with van der Waals surface area (Å²) >= 11 is 0. The maximum Gasteiger partial charge on any atom is 0.166 e. The number of halogens is 1. The summed E-state index contributed by atoms with van der Waals surface area (Å²) in [6.07, 6.45) is 0.597. The first-order valence-corrected chi connectivity index (χ1v) is 6.09. The zero-order valence-corrected chi connectivity index (χ0v) is 10.5. The third-order valence-electron chi connectivity index (χ3n) is 2.78. The van der Waals surface area contributed by atoms with Gasteiger partial charge in [0.25, 0.3) is 0 Å². The molecular weight excluding hydrogens is 245 g/mol. The largest absolute Gasteiger partial charge is 0.454 e. The van der Waals surface area contributed by atoms with Crippen LogP contribution in [-0.4, -0.2) is 11.7 Å². The first-order chi connectivity index (χ1) is 9.22. The summed E-state index contributed by atoms with van der Waals surface area (Å²) in [5.41, 5.74) is 7.17. The normalized spacial score (nSPS) is 10.5. The van der Waals surface area contributed by atoms with E-state index in [-0.39, 0.29) is 12.4 Å². The second-order valence-corrected chi connectivity index (χ2v) is 4.19. The summed E-state index contributed by atoms with van der Waals surface area (Å²) in [7, 11) is 0. The minimum absolute atomic E-state index is 0.107. The van der Waals surface area contributed by atoms with E-state index in [4.69, 9.17) is 15.6 Å². The average molecular weight is 261 g/mol. The minimum atomic E-state index is -0.428. The molecule has 0 spiro atoms. The van der Waals surface area contributed by atoms with Crippen molar-refractivity contribution in [2.75, 3.05) is 6.61 Å². The number of aliphatic hydroxyl groups is 1. The molecular formula is C15H16FNO2. The highest BCUT2D eigenvalue weighted by atomic mass is 19.1. The molecule has 0 aliphatic rings. The first-order valence-electron chi connectivity index (χ1n) is 6.09. The summed E-state index contributed by atoms with van der Waals surface area (Å²) in [6, 6.07) is 11.9. The van der Waals surface area contributed by atoms with Gasteiger partial charge in [-0.3, -0.25) is 0 Å². The Bertz CT molecular complexity index is 540. The van der Waals surface area contributed by atoms with Gasteiger partial charge >= 0.3 is 0 Å². The van der Waals surface area contributed by atoms with Crippen LogP contribution in [0.4, 0.5) is 4.39 Å². The van der Waals surface area contributed by atoms with Crippen molar-refractivity contribution in [3.8, 4) is 11.5 Å². The fourth-order valence-corrected chi connectivity index (χ4v) is 1.73. The number of nitrogens with two attached hydrogens (primary N) is 1. The van der Waals surface area contributed by atoms with Crippen LogP contribution in [0.25, 0.3) is 0 Å². The maximum atomic E-state index is 13.7. The van der Waals surface area contributed by atoms with Crippen LogP contribution >= 0.6 is 0 Å². The predicted octanol–water partition coefficient (Wildman–Crippen LogP) is 2.61. The molecule has 0 amide bonds. The molecule has 0 atom stereocenters. The molecule has 0 aromatic heterocycles. The van der Waals surface area contributed by atoms with Crippen molar-refractivity contribution >= 4 is 0 Å². The van der Waals surface area contributed by atoms with E-state index in [9.17, 15) is 4.39 Å². The molecule has 0 radical (unpaired) electrons. The van der Waals surface area contributed by atoms with Crippen molar-refractivity contribution in [3.05, 3.63) is 59.4 Å². The zero-order valence-electron chi connectivity index (χ0n) is 10.5. The van der Waals surface area contributed by atoms with Gasteiger partial charge in [-0.05, 0) is 41.8 Å². The van der Waals surface area contributed by atoms with Crippen LogP contribution in [-0.2, 0) is 13.0 Å². The summed E-state index contributed by atoms with van der Waals surface area (Å²) in [6.45, 7) is 0.405. The fourth-order valence-electron chi connectivity index (χ4n) is 1.73. The van der Waals surface area contributed by atoms with Crippen LogP contribution in [0.15, 0.2) is 42.5 Å². The number of hydrogen-bond acceptors (Lipinski definition) is 3. The smallest absolute Gasteiger partial charge is 0.166 e. The lowest BCUT2D eigenvalue weighted by Gasteiger charge is -2.08. The van der Waals surface area contributed by atoms with Gasteiger partial charge in [-0.1, -0.05) is 18.2 Å². The molecule has 0 saturated carbocycles. The molecule has 0 aliphatic heterocycles. The zero-order chi connectivity index (χ0) is 13.7. The van der Waals surface area contributed by atoms with Crippen LogP contribution in [0, 0.1) is 5.82 Å². The van der Waals surface area contributed by atoms with E-state index < -0.39 is 5.82 Å². The minimum Gasteiger partial charge on any atom is -0.454 e. The molecule has 0 unspecified atom stereocenters. The van der Waals surface area contributed by atoms with Crippen molar-refractivity contribution in [1.82, 2.24) is 0 Å². The van der Waals surface area contributed by atoms with E-state index in [1.807, 2.05) is 12.1 Å². The Labute approximate surface area is 111 Å². The predicted molar refractivity (Wildman–Crippen MR) is 71.6 cm³/mol. The molecule has 0 saturated heterocycles.